The van der Waals surface area contributed by atoms with Crippen LogP contribution in [0.25, 0.3) is 0 Å². The summed E-state index contributed by atoms with van der Waals surface area (Å²) in [5.41, 5.74) is 1.11. The van der Waals surface area contributed by atoms with Gasteiger partial charge in [-0.15, -0.1) is 0 Å². The molecule has 0 saturated carbocycles. The Labute approximate surface area is 202 Å². The van der Waals surface area contributed by atoms with Crippen LogP contribution in [0.15, 0.2) is 24.3 Å². The number of piperazine rings is 1. The van der Waals surface area contributed by atoms with Crippen LogP contribution in [0, 0.1) is 11.3 Å². The van der Waals surface area contributed by atoms with Crippen molar-refractivity contribution in [2.45, 2.75) is 52.8 Å². The van der Waals surface area contributed by atoms with Crippen LogP contribution in [0.1, 0.15) is 45.0 Å². The standard InChI is InChI=1S/C26H38N4O4/c1-6-28-11-13-29(14-12-28)19-9-7-18(8-10-19)24(32)27-23(26(3,4)5)25(33)30-15-17(2)22-21(30)20(31)16-34-22/h7-10,17,21-23H,6,11-16H2,1-5H3,(H,27,32)/t17-,21+,22+,23+/m0/s1. The van der Waals surface area contributed by atoms with Gasteiger partial charge >= 0.3 is 0 Å². The van der Waals surface area contributed by atoms with E-state index in [0.29, 0.717) is 12.1 Å². The number of amides is 2. The lowest BCUT2D eigenvalue weighted by molar-refractivity contribution is -0.140. The molecule has 0 aliphatic carbocycles. The fraction of sp³-hybridized carbons (Fsp3) is 0.654. The minimum Gasteiger partial charge on any atom is -0.369 e. The van der Waals surface area contributed by atoms with Gasteiger partial charge in [0.2, 0.25) is 5.91 Å². The number of likely N-dealkylation sites (tertiary alicyclic amines) is 1. The number of anilines is 1. The van der Waals surface area contributed by atoms with Crippen molar-refractivity contribution in [3.8, 4) is 0 Å². The molecule has 8 nitrogen and oxygen atoms in total. The first-order valence-corrected chi connectivity index (χ1v) is 12.4. The molecule has 3 aliphatic rings. The third-order valence-corrected chi connectivity index (χ3v) is 7.43. The minimum absolute atomic E-state index is 0.0514. The molecular weight excluding hydrogens is 432 g/mol. The Balaban J connectivity index is 1.45. The smallest absolute Gasteiger partial charge is 0.251 e. The Kier molecular flexibility index (Phi) is 7.01. The molecule has 3 saturated heterocycles. The van der Waals surface area contributed by atoms with E-state index in [2.05, 4.69) is 22.0 Å². The molecule has 0 unspecified atom stereocenters. The molecule has 4 rings (SSSR count). The topological polar surface area (TPSA) is 82.2 Å². The first-order chi connectivity index (χ1) is 16.1. The number of nitrogens with one attached hydrogen (secondary N) is 1. The Morgan fingerprint density at radius 3 is 2.35 bits per heavy atom. The van der Waals surface area contributed by atoms with Gasteiger partial charge in [-0.2, -0.15) is 0 Å². The van der Waals surface area contributed by atoms with Crippen LogP contribution in [-0.4, -0.2) is 91.5 Å². The van der Waals surface area contributed by atoms with Crippen molar-refractivity contribution in [1.29, 1.82) is 0 Å². The Morgan fingerprint density at radius 2 is 1.76 bits per heavy atom. The number of hydrogen-bond acceptors (Lipinski definition) is 6. The highest BCUT2D eigenvalue weighted by atomic mass is 16.5. The highest BCUT2D eigenvalue weighted by Crippen LogP contribution is 2.33. The van der Waals surface area contributed by atoms with Gasteiger partial charge in [-0.3, -0.25) is 14.4 Å². The monoisotopic (exact) mass is 470 g/mol. The van der Waals surface area contributed by atoms with E-state index < -0.39 is 17.5 Å². The first kappa shape index (κ1) is 24.7. The summed E-state index contributed by atoms with van der Waals surface area (Å²) in [5, 5.41) is 2.97. The molecule has 3 fully saturated rings. The van der Waals surface area contributed by atoms with Gasteiger partial charge in [-0.25, -0.2) is 0 Å². The number of ether oxygens (including phenoxy) is 1. The first-order valence-electron chi connectivity index (χ1n) is 12.4. The van der Waals surface area contributed by atoms with Gasteiger partial charge in [0.25, 0.3) is 5.91 Å². The zero-order valence-corrected chi connectivity index (χ0v) is 21.0. The molecule has 0 aromatic heterocycles. The Morgan fingerprint density at radius 1 is 1.12 bits per heavy atom. The second kappa shape index (κ2) is 9.66. The SMILES string of the molecule is CCN1CCN(c2ccc(C(=O)N[C@H](C(=O)N3C[C@H](C)[C@H]4OCC(=O)[C@H]43)C(C)(C)C)cc2)CC1. The molecule has 0 spiro atoms. The van der Waals surface area contributed by atoms with Crippen molar-refractivity contribution >= 4 is 23.3 Å². The molecule has 8 heteroatoms. The highest BCUT2D eigenvalue weighted by molar-refractivity contribution is 5.99. The summed E-state index contributed by atoms with van der Waals surface area (Å²) < 4.78 is 5.63. The van der Waals surface area contributed by atoms with Crippen LogP contribution in [0.2, 0.25) is 0 Å². The number of carbonyl (C=O) groups is 3. The summed E-state index contributed by atoms with van der Waals surface area (Å²) in [6, 6.07) is 6.31. The molecule has 2 amide bonds. The van der Waals surface area contributed by atoms with Gasteiger partial charge in [0, 0.05) is 49.9 Å². The van der Waals surface area contributed by atoms with Crippen LogP contribution < -0.4 is 10.2 Å². The summed E-state index contributed by atoms with van der Waals surface area (Å²) in [5.74, 6) is -0.474. The molecular formula is C26H38N4O4. The molecule has 0 radical (unpaired) electrons. The van der Waals surface area contributed by atoms with Crippen molar-refractivity contribution in [1.82, 2.24) is 15.1 Å². The average molecular weight is 471 g/mol. The minimum atomic E-state index is -0.749. The predicted molar refractivity (Wildman–Crippen MR) is 131 cm³/mol. The molecule has 1 aromatic rings. The number of Topliss-reactive ketones (excluding diaryl/α,β-unsaturated/α-hetero) is 1. The maximum absolute atomic E-state index is 13.6. The maximum Gasteiger partial charge on any atom is 0.251 e. The maximum atomic E-state index is 13.6. The number of fused-ring (bicyclic) bond motifs is 1. The van der Waals surface area contributed by atoms with Crippen molar-refractivity contribution in [2.75, 3.05) is 50.8 Å². The molecule has 186 valence electrons. The number of benzene rings is 1. The zero-order chi connectivity index (χ0) is 24.6. The van der Waals surface area contributed by atoms with E-state index >= 15 is 0 Å². The van der Waals surface area contributed by atoms with Crippen LogP contribution in [-0.2, 0) is 14.3 Å². The van der Waals surface area contributed by atoms with E-state index in [0.717, 1.165) is 38.4 Å². The van der Waals surface area contributed by atoms with Crippen LogP contribution in [0.4, 0.5) is 5.69 Å². The van der Waals surface area contributed by atoms with Gasteiger partial charge in [0.15, 0.2) is 5.78 Å². The summed E-state index contributed by atoms with van der Waals surface area (Å²) in [4.78, 5) is 45.6. The normalized spacial score (nSPS) is 26.5. The number of nitrogens with zero attached hydrogens (tertiary/aromatic N) is 3. The second-order valence-electron chi connectivity index (χ2n) is 10.9. The van der Waals surface area contributed by atoms with E-state index in [1.165, 1.54) is 0 Å². The quantitative estimate of drug-likeness (QED) is 0.707. The number of rotatable bonds is 5. The lowest BCUT2D eigenvalue weighted by Crippen LogP contribution is -2.57. The number of ketones is 1. The van der Waals surface area contributed by atoms with E-state index in [1.54, 1.807) is 4.90 Å². The summed E-state index contributed by atoms with van der Waals surface area (Å²) in [6.45, 7) is 15.6. The molecule has 4 atom stereocenters. The molecule has 1 aromatic carbocycles. The fourth-order valence-electron chi connectivity index (χ4n) is 5.29. The average Bonchev–Trinajstić information content (AvgIpc) is 3.36. The third-order valence-electron chi connectivity index (χ3n) is 7.43. The van der Waals surface area contributed by atoms with Gasteiger partial charge in [-0.05, 0) is 36.2 Å². The van der Waals surface area contributed by atoms with Crippen molar-refractivity contribution in [3.05, 3.63) is 29.8 Å². The third kappa shape index (κ3) is 4.84. The zero-order valence-electron chi connectivity index (χ0n) is 21.0. The van der Waals surface area contributed by atoms with Gasteiger partial charge in [0.1, 0.15) is 18.7 Å². The molecule has 3 heterocycles. The molecule has 3 aliphatic heterocycles. The van der Waals surface area contributed by atoms with Gasteiger partial charge in [0.05, 0.1) is 6.10 Å². The van der Waals surface area contributed by atoms with Crippen LogP contribution >= 0.6 is 0 Å². The Bertz CT molecular complexity index is 918. The number of likely N-dealkylation sites (N-methyl/N-ethyl adjacent to an activating group) is 1. The van der Waals surface area contributed by atoms with Crippen molar-refractivity contribution in [2.24, 2.45) is 11.3 Å². The van der Waals surface area contributed by atoms with E-state index in [1.807, 2.05) is 52.0 Å². The van der Waals surface area contributed by atoms with Crippen molar-refractivity contribution < 1.29 is 19.1 Å². The lowest BCUT2D eigenvalue weighted by atomic mass is 9.85. The fourth-order valence-corrected chi connectivity index (χ4v) is 5.29. The summed E-state index contributed by atoms with van der Waals surface area (Å²) in [6.07, 6.45) is -0.250. The molecule has 0 bridgehead atoms. The number of hydrogen-bond donors (Lipinski definition) is 1. The van der Waals surface area contributed by atoms with E-state index in [9.17, 15) is 14.4 Å². The molecule has 1 N–H and O–H groups in total. The Hall–Kier alpha value is -2.45. The summed E-state index contributed by atoms with van der Waals surface area (Å²) in [7, 11) is 0. The van der Waals surface area contributed by atoms with E-state index in [4.69, 9.17) is 4.74 Å². The predicted octanol–water partition coefficient (Wildman–Crippen LogP) is 1.79. The van der Waals surface area contributed by atoms with E-state index in [-0.39, 0.29) is 36.2 Å². The molecule has 34 heavy (non-hydrogen) atoms. The van der Waals surface area contributed by atoms with Crippen LogP contribution in [0.3, 0.4) is 0 Å². The lowest BCUT2D eigenvalue weighted by Gasteiger charge is -2.36. The number of carbonyl (C=O) groups excluding carboxylic acids is 3. The summed E-state index contributed by atoms with van der Waals surface area (Å²) >= 11 is 0. The largest absolute Gasteiger partial charge is 0.369 e. The highest BCUT2D eigenvalue weighted by Gasteiger charge is 2.52. The van der Waals surface area contributed by atoms with Gasteiger partial charge < -0.3 is 24.8 Å². The van der Waals surface area contributed by atoms with Gasteiger partial charge in [-0.1, -0.05) is 34.6 Å². The van der Waals surface area contributed by atoms with Crippen LogP contribution in [0.5, 0.6) is 0 Å². The second-order valence-corrected chi connectivity index (χ2v) is 10.9. The van der Waals surface area contributed by atoms with Crippen molar-refractivity contribution in [3.63, 3.8) is 0 Å².